The fraction of sp³-hybridized carbons (Fsp3) is 0.381. The third kappa shape index (κ3) is 3.77. The minimum atomic E-state index is -0.0773. The predicted molar refractivity (Wildman–Crippen MR) is 106 cm³/mol. The van der Waals surface area contributed by atoms with Crippen LogP contribution < -0.4 is 15.0 Å². The maximum absolute atomic E-state index is 12.6. The number of urea groups is 1. The number of benzene rings is 2. The van der Waals surface area contributed by atoms with Gasteiger partial charge >= 0.3 is 6.03 Å². The molecule has 0 aromatic heterocycles. The van der Waals surface area contributed by atoms with Gasteiger partial charge in [-0.15, -0.1) is 0 Å². The van der Waals surface area contributed by atoms with Gasteiger partial charge in [0.2, 0.25) is 0 Å². The number of rotatable bonds is 3. The van der Waals surface area contributed by atoms with Crippen molar-refractivity contribution < 1.29 is 9.53 Å². The van der Waals surface area contributed by atoms with Crippen LogP contribution in [-0.4, -0.2) is 44.2 Å². The molecule has 2 aromatic carbocycles. The third-order valence-corrected chi connectivity index (χ3v) is 4.87. The Morgan fingerprint density at radius 3 is 2.23 bits per heavy atom. The molecule has 1 fully saturated rings. The quantitative estimate of drug-likeness (QED) is 0.908. The predicted octanol–water partition coefficient (Wildman–Crippen LogP) is 3.97. The highest BCUT2D eigenvalue weighted by Crippen LogP contribution is 2.28. The Bertz CT molecular complexity index is 773. The molecule has 0 radical (unpaired) electrons. The number of hydrogen-bond acceptors (Lipinski definition) is 3. The van der Waals surface area contributed by atoms with Crippen LogP contribution in [0.15, 0.2) is 36.4 Å². The lowest BCUT2D eigenvalue weighted by Crippen LogP contribution is -2.50. The van der Waals surface area contributed by atoms with E-state index >= 15 is 0 Å². The van der Waals surface area contributed by atoms with E-state index in [0.717, 1.165) is 13.1 Å². The molecular formula is C21H27N3O2. The second-order valence-corrected chi connectivity index (χ2v) is 6.85. The number of anilines is 2. The van der Waals surface area contributed by atoms with Gasteiger partial charge in [-0.25, -0.2) is 4.79 Å². The number of methoxy groups -OCH3 is 1. The van der Waals surface area contributed by atoms with Crippen LogP contribution in [-0.2, 0) is 0 Å². The van der Waals surface area contributed by atoms with Crippen molar-refractivity contribution in [3.63, 3.8) is 0 Å². The smallest absolute Gasteiger partial charge is 0.322 e. The second kappa shape index (κ2) is 7.68. The Morgan fingerprint density at radius 1 is 1.00 bits per heavy atom. The van der Waals surface area contributed by atoms with Gasteiger partial charge in [-0.05, 0) is 44.0 Å². The van der Waals surface area contributed by atoms with Gasteiger partial charge in [-0.2, -0.15) is 0 Å². The fourth-order valence-corrected chi connectivity index (χ4v) is 3.75. The number of para-hydroxylation sites is 2. The second-order valence-electron chi connectivity index (χ2n) is 6.85. The summed E-state index contributed by atoms with van der Waals surface area (Å²) in [6.45, 7) is 9.53. The lowest BCUT2D eigenvalue weighted by molar-refractivity contribution is 0.208. The molecule has 2 amide bonds. The first-order valence-electron chi connectivity index (χ1n) is 9.01. The zero-order valence-corrected chi connectivity index (χ0v) is 16.0. The summed E-state index contributed by atoms with van der Waals surface area (Å²) in [5.74, 6) is 0.672. The Kier molecular flexibility index (Phi) is 5.35. The average Bonchev–Trinajstić information content (AvgIpc) is 2.62. The topological polar surface area (TPSA) is 44.8 Å². The Morgan fingerprint density at radius 2 is 1.62 bits per heavy atom. The molecule has 1 aliphatic heterocycles. The van der Waals surface area contributed by atoms with Crippen molar-refractivity contribution in [3.8, 4) is 5.75 Å². The standard InChI is InChI=1S/C21H27N3O2/c1-15-13-16(2)20(17(3)14-15)23-9-11-24(12-10-23)21(25)22-18-7-5-6-8-19(18)26-4/h5-8,13-14H,9-12H2,1-4H3,(H,22,25). The van der Waals surface area contributed by atoms with Gasteiger partial charge in [-0.1, -0.05) is 29.8 Å². The van der Waals surface area contributed by atoms with E-state index < -0.39 is 0 Å². The highest BCUT2D eigenvalue weighted by atomic mass is 16.5. The van der Waals surface area contributed by atoms with E-state index in [2.05, 4.69) is 43.1 Å². The summed E-state index contributed by atoms with van der Waals surface area (Å²) in [4.78, 5) is 16.8. The molecule has 3 rings (SSSR count). The molecule has 0 atom stereocenters. The molecular weight excluding hydrogens is 326 g/mol. The van der Waals surface area contributed by atoms with E-state index in [1.165, 1.54) is 22.4 Å². The monoisotopic (exact) mass is 353 g/mol. The maximum Gasteiger partial charge on any atom is 0.322 e. The molecule has 0 spiro atoms. The normalized spacial score (nSPS) is 14.3. The van der Waals surface area contributed by atoms with Crippen LogP contribution in [0.5, 0.6) is 5.75 Å². The highest BCUT2D eigenvalue weighted by Gasteiger charge is 2.23. The van der Waals surface area contributed by atoms with E-state index in [-0.39, 0.29) is 6.03 Å². The molecule has 0 saturated carbocycles. The Labute approximate surface area is 155 Å². The third-order valence-electron chi connectivity index (χ3n) is 4.87. The van der Waals surface area contributed by atoms with Gasteiger partial charge in [0.05, 0.1) is 12.8 Å². The summed E-state index contributed by atoms with van der Waals surface area (Å²) in [6.07, 6.45) is 0. The van der Waals surface area contributed by atoms with E-state index in [0.29, 0.717) is 24.5 Å². The van der Waals surface area contributed by atoms with Crippen LogP contribution in [0.1, 0.15) is 16.7 Å². The first-order valence-corrected chi connectivity index (χ1v) is 9.01. The van der Waals surface area contributed by atoms with Gasteiger partial charge in [0.25, 0.3) is 0 Å². The molecule has 1 saturated heterocycles. The number of ether oxygens (including phenoxy) is 1. The maximum atomic E-state index is 12.6. The van der Waals surface area contributed by atoms with E-state index in [4.69, 9.17) is 4.74 Å². The summed E-state index contributed by atoms with van der Waals surface area (Å²) >= 11 is 0. The van der Waals surface area contributed by atoms with Crippen molar-refractivity contribution in [2.24, 2.45) is 0 Å². The number of nitrogens with zero attached hydrogens (tertiary/aromatic N) is 2. The summed E-state index contributed by atoms with van der Waals surface area (Å²) in [5.41, 5.74) is 5.90. The minimum Gasteiger partial charge on any atom is -0.495 e. The van der Waals surface area contributed by atoms with E-state index in [1.807, 2.05) is 29.2 Å². The van der Waals surface area contributed by atoms with Crippen molar-refractivity contribution >= 4 is 17.4 Å². The van der Waals surface area contributed by atoms with Gasteiger partial charge in [0.15, 0.2) is 0 Å². The van der Waals surface area contributed by atoms with Gasteiger partial charge in [0.1, 0.15) is 5.75 Å². The highest BCUT2D eigenvalue weighted by molar-refractivity contribution is 5.91. The van der Waals surface area contributed by atoms with Gasteiger partial charge in [0, 0.05) is 31.9 Å². The number of hydrogen-bond donors (Lipinski definition) is 1. The van der Waals surface area contributed by atoms with Crippen LogP contribution in [0.25, 0.3) is 0 Å². The van der Waals surface area contributed by atoms with Crippen molar-refractivity contribution in [3.05, 3.63) is 53.1 Å². The minimum absolute atomic E-state index is 0.0773. The lowest BCUT2D eigenvalue weighted by Gasteiger charge is -2.37. The Hall–Kier alpha value is -2.69. The number of amides is 2. The molecule has 5 heteroatoms. The van der Waals surface area contributed by atoms with E-state index in [9.17, 15) is 4.79 Å². The first-order chi connectivity index (χ1) is 12.5. The molecule has 1 N–H and O–H groups in total. The molecule has 1 heterocycles. The summed E-state index contributed by atoms with van der Waals surface area (Å²) in [5, 5.41) is 2.96. The molecule has 0 unspecified atom stereocenters. The van der Waals surface area contributed by atoms with Crippen molar-refractivity contribution in [1.82, 2.24) is 4.90 Å². The molecule has 138 valence electrons. The number of carbonyl (C=O) groups excluding carboxylic acids is 1. The van der Waals surface area contributed by atoms with Crippen LogP contribution in [0.4, 0.5) is 16.2 Å². The molecule has 0 aliphatic carbocycles. The molecule has 5 nitrogen and oxygen atoms in total. The zero-order chi connectivity index (χ0) is 18.7. The molecule has 0 bridgehead atoms. The van der Waals surface area contributed by atoms with Gasteiger partial charge < -0.3 is 19.9 Å². The molecule has 2 aromatic rings. The van der Waals surface area contributed by atoms with E-state index in [1.54, 1.807) is 7.11 Å². The average molecular weight is 353 g/mol. The first kappa shape index (κ1) is 18.1. The summed E-state index contributed by atoms with van der Waals surface area (Å²) in [7, 11) is 1.61. The summed E-state index contributed by atoms with van der Waals surface area (Å²) < 4.78 is 5.30. The van der Waals surface area contributed by atoms with Crippen LogP contribution in [0.3, 0.4) is 0 Å². The lowest BCUT2D eigenvalue weighted by atomic mass is 10.0. The largest absolute Gasteiger partial charge is 0.495 e. The van der Waals surface area contributed by atoms with Crippen molar-refractivity contribution in [2.45, 2.75) is 20.8 Å². The van der Waals surface area contributed by atoms with Crippen molar-refractivity contribution in [1.29, 1.82) is 0 Å². The number of carbonyl (C=O) groups is 1. The van der Waals surface area contributed by atoms with Crippen LogP contribution in [0.2, 0.25) is 0 Å². The van der Waals surface area contributed by atoms with Crippen molar-refractivity contribution in [2.75, 3.05) is 43.5 Å². The number of aryl methyl sites for hydroxylation is 3. The Balaban J connectivity index is 1.64. The fourth-order valence-electron chi connectivity index (χ4n) is 3.75. The van der Waals surface area contributed by atoms with Crippen LogP contribution >= 0.6 is 0 Å². The molecule has 26 heavy (non-hydrogen) atoms. The van der Waals surface area contributed by atoms with Gasteiger partial charge in [-0.3, -0.25) is 0 Å². The van der Waals surface area contributed by atoms with Crippen LogP contribution in [0, 0.1) is 20.8 Å². The SMILES string of the molecule is COc1ccccc1NC(=O)N1CCN(c2c(C)cc(C)cc2C)CC1. The molecule has 1 aliphatic rings. The summed E-state index contributed by atoms with van der Waals surface area (Å²) in [6, 6.07) is 11.8. The zero-order valence-electron chi connectivity index (χ0n) is 16.0. The number of piperazine rings is 1. The number of nitrogens with one attached hydrogen (secondary N) is 1.